The molecule has 0 bridgehead atoms. The van der Waals surface area contributed by atoms with Crippen LogP contribution in [0.25, 0.3) is 0 Å². The van der Waals surface area contributed by atoms with Gasteiger partial charge in [0.05, 0.1) is 12.5 Å². The predicted molar refractivity (Wildman–Crippen MR) is 51.5 cm³/mol. The molecule has 0 rings (SSSR count). The maximum absolute atomic E-state index is 8.22. The second kappa shape index (κ2) is 10.0. The van der Waals surface area contributed by atoms with Crippen LogP contribution >= 0.6 is 0 Å². The summed E-state index contributed by atoms with van der Waals surface area (Å²) in [6.07, 6.45) is 9.66. The number of nitrogens with one attached hydrogen (secondary N) is 1. The minimum Gasteiger partial charge on any atom is -0.390 e. The zero-order chi connectivity index (χ0) is 9.07. The van der Waals surface area contributed by atoms with Crippen LogP contribution in [0.1, 0.15) is 39.0 Å². The van der Waals surface area contributed by atoms with Crippen LogP contribution in [0.4, 0.5) is 0 Å². The number of hydrogen-bond donors (Lipinski definition) is 1. The van der Waals surface area contributed by atoms with Gasteiger partial charge in [0.2, 0.25) is 0 Å². The Labute approximate surface area is 75.3 Å². The number of nitrogens with zero attached hydrogens (tertiary/aromatic N) is 1. The number of nitriles is 1. The Morgan fingerprint density at radius 2 is 2.25 bits per heavy atom. The summed E-state index contributed by atoms with van der Waals surface area (Å²) in [4.78, 5) is 0. The van der Waals surface area contributed by atoms with Crippen molar-refractivity contribution in [2.45, 2.75) is 39.0 Å². The Kier molecular flexibility index (Phi) is 9.22. The van der Waals surface area contributed by atoms with Crippen LogP contribution in [-0.2, 0) is 0 Å². The van der Waals surface area contributed by atoms with Crippen molar-refractivity contribution in [3.63, 3.8) is 0 Å². The molecule has 0 saturated heterocycles. The van der Waals surface area contributed by atoms with Crippen molar-refractivity contribution in [1.82, 2.24) is 5.32 Å². The third-order valence-electron chi connectivity index (χ3n) is 1.59. The fourth-order valence-corrected chi connectivity index (χ4v) is 0.890. The van der Waals surface area contributed by atoms with E-state index in [0.29, 0.717) is 6.42 Å². The average molecular weight is 166 g/mol. The second-order valence-corrected chi connectivity index (χ2v) is 2.76. The van der Waals surface area contributed by atoms with E-state index in [-0.39, 0.29) is 0 Å². The van der Waals surface area contributed by atoms with Crippen LogP contribution in [-0.4, -0.2) is 6.54 Å². The highest BCUT2D eigenvalue weighted by Gasteiger charge is 1.81. The van der Waals surface area contributed by atoms with Crippen molar-refractivity contribution in [2.24, 2.45) is 0 Å². The second-order valence-electron chi connectivity index (χ2n) is 2.76. The highest BCUT2D eigenvalue weighted by molar-refractivity contribution is 4.81. The molecule has 0 aliphatic rings. The Bertz CT molecular complexity index is 144. The van der Waals surface area contributed by atoms with Crippen molar-refractivity contribution < 1.29 is 0 Å². The molecular formula is C10H18N2. The molecule has 0 aromatic heterocycles. The van der Waals surface area contributed by atoms with E-state index in [4.69, 9.17) is 5.26 Å². The van der Waals surface area contributed by atoms with Crippen molar-refractivity contribution in [3.8, 4) is 6.07 Å². The standard InChI is InChI=1S/C10H18N2/c1-2-3-4-5-6-9-12-10-7-8-11/h6,9,12H,2-5,7,10H2,1H3/b9-6+. The fourth-order valence-electron chi connectivity index (χ4n) is 0.890. The van der Waals surface area contributed by atoms with Gasteiger partial charge in [-0.15, -0.1) is 0 Å². The molecule has 0 saturated carbocycles. The lowest BCUT2D eigenvalue weighted by Crippen LogP contribution is -2.05. The Morgan fingerprint density at radius 3 is 2.92 bits per heavy atom. The molecule has 0 amide bonds. The first-order valence-electron chi connectivity index (χ1n) is 4.67. The number of hydrogen-bond acceptors (Lipinski definition) is 2. The summed E-state index contributed by atoms with van der Waals surface area (Å²) < 4.78 is 0. The Hall–Kier alpha value is -0.970. The van der Waals surface area contributed by atoms with Gasteiger partial charge in [-0.1, -0.05) is 25.8 Å². The third-order valence-corrected chi connectivity index (χ3v) is 1.59. The molecule has 12 heavy (non-hydrogen) atoms. The number of rotatable bonds is 7. The van der Waals surface area contributed by atoms with E-state index in [1.807, 2.05) is 6.20 Å². The van der Waals surface area contributed by atoms with Gasteiger partial charge in [-0.25, -0.2) is 0 Å². The van der Waals surface area contributed by atoms with Crippen molar-refractivity contribution in [2.75, 3.05) is 6.54 Å². The van der Waals surface area contributed by atoms with Gasteiger partial charge in [0.1, 0.15) is 0 Å². The van der Waals surface area contributed by atoms with Gasteiger partial charge in [0.15, 0.2) is 0 Å². The SMILES string of the molecule is CCCCC/C=C/NCCC#N. The highest BCUT2D eigenvalue weighted by Crippen LogP contribution is 1.98. The lowest BCUT2D eigenvalue weighted by Gasteiger charge is -1.94. The first-order chi connectivity index (χ1) is 5.91. The highest BCUT2D eigenvalue weighted by atomic mass is 14.8. The molecule has 68 valence electrons. The van der Waals surface area contributed by atoms with Gasteiger partial charge in [0.25, 0.3) is 0 Å². The molecule has 0 fully saturated rings. The summed E-state index contributed by atoms with van der Waals surface area (Å²) in [5.41, 5.74) is 0. The summed E-state index contributed by atoms with van der Waals surface area (Å²) in [6, 6.07) is 2.08. The normalized spacial score (nSPS) is 10.0. The zero-order valence-corrected chi connectivity index (χ0v) is 7.84. The first kappa shape index (κ1) is 11.0. The summed E-state index contributed by atoms with van der Waals surface area (Å²) in [5, 5.41) is 11.3. The van der Waals surface area contributed by atoms with Gasteiger partial charge in [0, 0.05) is 6.54 Å². The molecular weight excluding hydrogens is 148 g/mol. The first-order valence-corrected chi connectivity index (χ1v) is 4.67. The van der Waals surface area contributed by atoms with Crippen LogP contribution in [0.2, 0.25) is 0 Å². The van der Waals surface area contributed by atoms with Crippen LogP contribution in [0.5, 0.6) is 0 Å². The van der Waals surface area contributed by atoms with Gasteiger partial charge in [-0.05, 0) is 19.0 Å². The van der Waals surface area contributed by atoms with Gasteiger partial charge < -0.3 is 5.32 Å². The molecule has 0 radical (unpaired) electrons. The zero-order valence-electron chi connectivity index (χ0n) is 7.84. The van der Waals surface area contributed by atoms with E-state index in [0.717, 1.165) is 13.0 Å². The fraction of sp³-hybridized carbons (Fsp3) is 0.700. The summed E-state index contributed by atoms with van der Waals surface area (Å²) in [6.45, 7) is 2.97. The third kappa shape index (κ3) is 9.03. The number of unbranched alkanes of at least 4 members (excludes halogenated alkanes) is 3. The predicted octanol–water partition coefficient (Wildman–Crippen LogP) is 2.58. The molecule has 0 aromatic rings. The molecule has 0 spiro atoms. The largest absolute Gasteiger partial charge is 0.390 e. The molecule has 0 aromatic carbocycles. The van der Waals surface area contributed by atoms with E-state index in [1.54, 1.807) is 0 Å². The quantitative estimate of drug-likeness (QED) is 0.590. The molecule has 0 aliphatic carbocycles. The van der Waals surface area contributed by atoms with E-state index < -0.39 is 0 Å². The van der Waals surface area contributed by atoms with E-state index in [9.17, 15) is 0 Å². The van der Waals surface area contributed by atoms with Crippen molar-refractivity contribution in [1.29, 1.82) is 5.26 Å². The van der Waals surface area contributed by atoms with Crippen LogP contribution in [0.15, 0.2) is 12.3 Å². The lowest BCUT2D eigenvalue weighted by atomic mass is 10.2. The Morgan fingerprint density at radius 1 is 1.42 bits per heavy atom. The van der Waals surface area contributed by atoms with E-state index in [1.165, 1.54) is 19.3 Å². The molecule has 0 atom stereocenters. The van der Waals surface area contributed by atoms with Crippen LogP contribution < -0.4 is 5.32 Å². The minimum absolute atomic E-state index is 0.583. The van der Waals surface area contributed by atoms with Gasteiger partial charge >= 0.3 is 0 Å². The topological polar surface area (TPSA) is 35.8 Å². The van der Waals surface area contributed by atoms with Crippen molar-refractivity contribution >= 4 is 0 Å². The average Bonchev–Trinajstić information content (AvgIpc) is 2.10. The summed E-state index contributed by atoms with van der Waals surface area (Å²) in [5.74, 6) is 0. The van der Waals surface area contributed by atoms with Gasteiger partial charge in [-0.3, -0.25) is 0 Å². The molecule has 2 nitrogen and oxygen atoms in total. The molecule has 0 aliphatic heterocycles. The van der Waals surface area contributed by atoms with E-state index in [2.05, 4.69) is 24.4 Å². The van der Waals surface area contributed by atoms with E-state index >= 15 is 0 Å². The minimum atomic E-state index is 0.583. The summed E-state index contributed by atoms with van der Waals surface area (Å²) >= 11 is 0. The maximum atomic E-state index is 8.22. The van der Waals surface area contributed by atoms with Crippen LogP contribution in [0, 0.1) is 11.3 Å². The smallest absolute Gasteiger partial charge is 0.0640 e. The monoisotopic (exact) mass is 166 g/mol. The molecule has 0 unspecified atom stereocenters. The maximum Gasteiger partial charge on any atom is 0.0640 e. The number of allylic oxidation sites excluding steroid dienone is 1. The lowest BCUT2D eigenvalue weighted by molar-refractivity contribution is 0.725. The Balaban J connectivity index is 2.99. The summed E-state index contributed by atoms with van der Waals surface area (Å²) in [7, 11) is 0. The molecule has 1 N–H and O–H groups in total. The molecule has 2 heteroatoms. The van der Waals surface area contributed by atoms with Crippen molar-refractivity contribution in [3.05, 3.63) is 12.3 Å². The van der Waals surface area contributed by atoms with Gasteiger partial charge in [-0.2, -0.15) is 5.26 Å². The molecule has 0 heterocycles. The van der Waals surface area contributed by atoms with Crippen LogP contribution in [0.3, 0.4) is 0 Å².